The first kappa shape index (κ1) is 20.2. The highest BCUT2D eigenvalue weighted by atomic mass is 16.5. The van der Waals surface area contributed by atoms with Crippen LogP contribution in [0.25, 0.3) is 6.08 Å². The first-order valence-electron chi connectivity index (χ1n) is 10.5. The molecular formula is C25H22N2O5. The predicted molar refractivity (Wildman–Crippen MR) is 119 cm³/mol. The van der Waals surface area contributed by atoms with Crippen LogP contribution < -0.4 is 14.5 Å². The number of hydrogen-bond donors (Lipinski definition) is 0. The van der Waals surface area contributed by atoms with E-state index in [1.165, 1.54) is 18.7 Å². The van der Waals surface area contributed by atoms with Gasteiger partial charge in [0.15, 0.2) is 11.6 Å². The van der Waals surface area contributed by atoms with Crippen molar-refractivity contribution in [1.29, 1.82) is 0 Å². The minimum absolute atomic E-state index is 0.0950. The second kappa shape index (κ2) is 7.15. The number of anilines is 2. The Morgan fingerprint density at radius 1 is 0.938 bits per heavy atom. The lowest BCUT2D eigenvalue weighted by atomic mass is 9.88. The van der Waals surface area contributed by atoms with Gasteiger partial charge in [-0.05, 0) is 56.3 Å². The van der Waals surface area contributed by atoms with Crippen molar-refractivity contribution in [2.75, 3.05) is 16.9 Å². The molecule has 2 fully saturated rings. The van der Waals surface area contributed by atoms with Crippen molar-refractivity contribution in [2.45, 2.75) is 25.9 Å². The number of methoxy groups -OCH3 is 1. The lowest BCUT2D eigenvalue weighted by molar-refractivity contribution is -0.126. The maximum atomic E-state index is 13.5. The number of benzene rings is 2. The number of carbonyl (C=O) groups is 4. The fourth-order valence-electron chi connectivity index (χ4n) is 5.24. The quantitative estimate of drug-likeness (QED) is 0.548. The van der Waals surface area contributed by atoms with Crippen LogP contribution in [0.2, 0.25) is 0 Å². The molecule has 0 bridgehead atoms. The van der Waals surface area contributed by atoms with Gasteiger partial charge < -0.3 is 9.64 Å². The van der Waals surface area contributed by atoms with Crippen LogP contribution in [0.5, 0.6) is 5.75 Å². The molecule has 3 aliphatic heterocycles. The van der Waals surface area contributed by atoms with E-state index in [4.69, 9.17) is 4.74 Å². The standard InChI is InChI=1S/C25H22N2O5/c1-13(28)15-4-7-17(8-5-15)26-24(30)21-20-10-6-16-12-18(32-3)9-11-19(16)27(20)23(14(2)29)22(21)25(26)31/h4-12,20-23H,1-3H3/t20-,21+,22+,23+/m0/s1. The third kappa shape index (κ3) is 2.74. The van der Waals surface area contributed by atoms with Crippen molar-refractivity contribution >= 4 is 40.8 Å². The molecule has 7 heteroatoms. The van der Waals surface area contributed by atoms with E-state index in [1.54, 1.807) is 31.4 Å². The van der Waals surface area contributed by atoms with Crippen LogP contribution in [0.3, 0.4) is 0 Å². The van der Waals surface area contributed by atoms with E-state index < -0.39 is 23.9 Å². The molecule has 7 nitrogen and oxygen atoms in total. The van der Waals surface area contributed by atoms with Gasteiger partial charge in [-0.3, -0.25) is 19.2 Å². The number of Topliss-reactive ketones (excluding diaryl/α,β-unsaturated/α-hetero) is 2. The Hall–Kier alpha value is -3.74. The van der Waals surface area contributed by atoms with Gasteiger partial charge >= 0.3 is 0 Å². The highest BCUT2D eigenvalue weighted by Crippen LogP contribution is 2.49. The van der Waals surface area contributed by atoms with Crippen molar-refractivity contribution < 1.29 is 23.9 Å². The summed E-state index contributed by atoms with van der Waals surface area (Å²) < 4.78 is 5.31. The van der Waals surface area contributed by atoms with Gasteiger partial charge in [0.2, 0.25) is 11.8 Å². The Labute approximate surface area is 185 Å². The molecular weight excluding hydrogens is 408 g/mol. The number of amides is 2. The van der Waals surface area contributed by atoms with Gasteiger partial charge in [-0.25, -0.2) is 4.90 Å². The molecule has 0 unspecified atom stereocenters. The largest absolute Gasteiger partial charge is 0.497 e. The fraction of sp³-hybridized carbons (Fsp3) is 0.280. The van der Waals surface area contributed by atoms with Gasteiger partial charge in [-0.15, -0.1) is 0 Å². The van der Waals surface area contributed by atoms with E-state index in [-0.39, 0.29) is 23.4 Å². The molecule has 0 N–H and O–H groups in total. The van der Waals surface area contributed by atoms with Crippen LogP contribution in [0.4, 0.5) is 11.4 Å². The van der Waals surface area contributed by atoms with E-state index in [9.17, 15) is 19.2 Å². The summed E-state index contributed by atoms with van der Waals surface area (Å²) in [6.07, 6.45) is 3.82. The van der Waals surface area contributed by atoms with E-state index in [1.807, 2.05) is 35.3 Å². The Balaban J connectivity index is 1.57. The minimum atomic E-state index is -0.768. The summed E-state index contributed by atoms with van der Waals surface area (Å²) in [6.45, 7) is 2.92. The zero-order valence-electron chi connectivity index (χ0n) is 17.9. The van der Waals surface area contributed by atoms with Crippen molar-refractivity contribution in [2.24, 2.45) is 11.8 Å². The van der Waals surface area contributed by atoms with Crippen LogP contribution in [0.15, 0.2) is 48.5 Å². The Morgan fingerprint density at radius 3 is 2.25 bits per heavy atom. The van der Waals surface area contributed by atoms with E-state index in [0.29, 0.717) is 17.0 Å². The van der Waals surface area contributed by atoms with Crippen molar-refractivity contribution in [3.63, 3.8) is 0 Å². The molecule has 162 valence electrons. The average Bonchev–Trinajstić information content (AvgIpc) is 3.26. The van der Waals surface area contributed by atoms with Gasteiger partial charge in [0.05, 0.1) is 30.7 Å². The molecule has 2 amide bonds. The lowest BCUT2D eigenvalue weighted by Crippen LogP contribution is -2.48. The minimum Gasteiger partial charge on any atom is -0.497 e. The van der Waals surface area contributed by atoms with Gasteiger partial charge in [0.1, 0.15) is 11.8 Å². The molecule has 2 saturated heterocycles. The first-order valence-corrected chi connectivity index (χ1v) is 10.5. The monoisotopic (exact) mass is 430 g/mol. The van der Waals surface area contributed by atoms with E-state index >= 15 is 0 Å². The normalized spacial score (nSPS) is 25.5. The second-order valence-electron chi connectivity index (χ2n) is 8.40. The van der Waals surface area contributed by atoms with Crippen molar-refractivity contribution in [1.82, 2.24) is 0 Å². The van der Waals surface area contributed by atoms with Crippen LogP contribution in [0, 0.1) is 11.8 Å². The molecule has 2 aromatic rings. The third-order valence-corrected chi connectivity index (χ3v) is 6.66. The summed E-state index contributed by atoms with van der Waals surface area (Å²) in [4.78, 5) is 54.4. The van der Waals surface area contributed by atoms with Crippen LogP contribution in [-0.4, -0.2) is 42.6 Å². The molecule has 3 heterocycles. The summed E-state index contributed by atoms with van der Waals surface area (Å²) in [5.74, 6) is -1.69. The van der Waals surface area contributed by atoms with Crippen LogP contribution >= 0.6 is 0 Å². The fourth-order valence-corrected chi connectivity index (χ4v) is 5.24. The highest BCUT2D eigenvalue weighted by molar-refractivity contribution is 6.24. The first-order chi connectivity index (χ1) is 15.3. The molecule has 0 saturated carbocycles. The number of fused-ring (bicyclic) bond motifs is 5. The number of carbonyl (C=O) groups excluding carboxylic acids is 4. The van der Waals surface area contributed by atoms with Crippen LogP contribution in [0.1, 0.15) is 29.8 Å². The van der Waals surface area contributed by atoms with Crippen LogP contribution in [-0.2, 0) is 14.4 Å². The summed E-state index contributed by atoms with van der Waals surface area (Å²) in [5, 5.41) is 0. The van der Waals surface area contributed by atoms with Gasteiger partial charge in [0.25, 0.3) is 0 Å². The van der Waals surface area contributed by atoms with Gasteiger partial charge in [-0.2, -0.15) is 0 Å². The molecule has 32 heavy (non-hydrogen) atoms. The molecule has 5 rings (SSSR count). The molecule has 4 atom stereocenters. The lowest BCUT2D eigenvalue weighted by Gasteiger charge is -2.36. The van der Waals surface area contributed by atoms with Gasteiger partial charge in [0, 0.05) is 16.8 Å². The average molecular weight is 430 g/mol. The Morgan fingerprint density at radius 2 is 1.62 bits per heavy atom. The zero-order chi connectivity index (χ0) is 22.7. The molecule has 3 aliphatic rings. The number of nitrogens with zero attached hydrogens (tertiary/aromatic N) is 2. The SMILES string of the molecule is COc1ccc2c(c1)C=C[C@H]1[C@H]3C(=O)N(c4ccc(C(C)=O)cc4)C(=O)[C@H]3[C@@H](C(C)=O)N21. The molecule has 0 spiro atoms. The summed E-state index contributed by atoms with van der Waals surface area (Å²) in [5.41, 5.74) is 2.61. The van der Waals surface area contributed by atoms with E-state index in [2.05, 4.69) is 0 Å². The summed E-state index contributed by atoms with van der Waals surface area (Å²) in [6, 6.07) is 10.8. The maximum absolute atomic E-state index is 13.5. The van der Waals surface area contributed by atoms with E-state index in [0.717, 1.165) is 11.3 Å². The Kier molecular flexibility index (Phi) is 4.51. The topological polar surface area (TPSA) is 84.0 Å². The number of ketones is 2. The molecule has 0 radical (unpaired) electrons. The molecule has 2 aromatic carbocycles. The van der Waals surface area contributed by atoms with Crippen molar-refractivity contribution in [3.05, 3.63) is 59.7 Å². The zero-order valence-corrected chi connectivity index (χ0v) is 17.9. The van der Waals surface area contributed by atoms with Crippen molar-refractivity contribution in [3.8, 4) is 5.75 Å². The number of rotatable bonds is 4. The molecule has 0 aliphatic carbocycles. The van der Waals surface area contributed by atoms with Gasteiger partial charge in [-0.1, -0.05) is 12.2 Å². The number of ether oxygens (including phenoxy) is 1. The summed E-state index contributed by atoms with van der Waals surface area (Å²) in [7, 11) is 1.59. The highest BCUT2D eigenvalue weighted by Gasteiger charge is 2.63. The smallest absolute Gasteiger partial charge is 0.240 e. The Bertz CT molecular complexity index is 1200. The predicted octanol–water partition coefficient (Wildman–Crippen LogP) is 2.88. The number of imide groups is 1. The molecule has 0 aromatic heterocycles. The summed E-state index contributed by atoms with van der Waals surface area (Å²) >= 11 is 0. The maximum Gasteiger partial charge on any atom is 0.240 e. The third-order valence-electron chi connectivity index (χ3n) is 6.66. The second-order valence-corrected chi connectivity index (χ2v) is 8.40. The number of hydrogen-bond acceptors (Lipinski definition) is 6.